The Morgan fingerprint density at radius 2 is 2.50 bits per heavy atom. The molecule has 46 valence electrons. The number of amides is 1. The van der Waals surface area contributed by atoms with Crippen LogP contribution in [0.25, 0.3) is 0 Å². The number of hydrogen-bond donors (Lipinski definition) is 2. The number of nitrogens with two attached hydrogens (primary N) is 1. The first kappa shape index (κ1) is 7.41. The molecule has 0 fully saturated rings. The number of hydroxylamine groups is 1. The lowest BCUT2D eigenvalue weighted by atomic mass is 10.4. The molecule has 0 aliphatic carbocycles. The van der Waals surface area contributed by atoms with Crippen molar-refractivity contribution in [2.75, 3.05) is 0 Å². The van der Waals surface area contributed by atoms with Crippen LogP contribution in [0.2, 0.25) is 0 Å². The predicted octanol–water partition coefficient (Wildman–Crippen LogP) is -1.79. The van der Waals surface area contributed by atoms with E-state index in [2.05, 4.69) is 15.4 Å². The van der Waals surface area contributed by atoms with Crippen LogP contribution in [0.15, 0.2) is 0 Å². The Morgan fingerprint density at radius 1 is 1.88 bits per heavy atom. The van der Waals surface area contributed by atoms with Crippen molar-refractivity contribution in [1.82, 2.24) is 5.48 Å². The lowest BCUT2D eigenvalue weighted by Gasteiger charge is -1.96. The van der Waals surface area contributed by atoms with Crippen molar-refractivity contribution in [3.63, 3.8) is 0 Å². The third-order valence-electron chi connectivity index (χ3n) is 0.343. The molecule has 0 heterocycles. The quantitative estimate of drug-likeness (QED) is 0.260. The van der Waals surface area contributed by atoms with Gasteiger partial charge in [-0.15, -0.1) is 0 Å². The van der Waals surface area contributed by atoms with E-state index >= 15 is 0 Å². The van der Waals surface area contributed by atoms with Crippen molar-refractivity contribution >= 4 is 13.6 Å². The van der Waals surface area contributed by atoms with Crippen LogP contribution in [-0.2, 0) is 14.3 Å². The van der Waals surface area contributed by atoms with E-state index in [9.17, 15) is 4.79 Å². The zero-order chi connectivity index (χ0) is 6.41. The molecule has 0 aromatic rings. The van der Waals surface area contributed by atoms with Crippen LogP contribution >= 0.6 is 0 Å². The summed E-state index contributed by atoms with van der Waals surface area (Å²) in [5, 5.41) is 0. The third kappa shape index (κ3) is 5.41. The second kappa shape index (κ2) is 4.57. The first-order valence-corrected chi connectivity index (χ1v) is 1.97. The van der Waals surface area contributed by atoms with Gasteiger partial charge in [-0.3, -0.25) is 4.79 Å². The molecule has 0 aliphatic rings. The van der Waals surface area contributed by atoms with Crippen molar-refractivity contribution in [2.45, 2.75) is 6.92 Å². The van der Waals surface area contributed by atoms with E-state index in [1.54, 1.807) is 0 Å². The van der Waals surface area contributed by atoms with Gasteiger partial charge in [0.05, 0.1) is 0 Å². The molecule has 0 aliphatic heterocycles. The van der Waals surface area contributed by atoms with Crippen molar-refractivity contribution < 1.29 is 14.3 Å². The number of rotatable bonds is 3. The summed E-state index contributed by atoms with van der Waals surface area (Å²) in [5.74, 6) is 4.25. The van der Waals surface area contributed by atoms with Crippen LogP contribution in [0.1, 0.15) is 6.92 Å². The van der Waals surface area contributed by atoms with Gasteiger partial charge < -0.3 is 9.51 Å². The molecule has 0 radical (unpaired) electrons. The van der Waals surface area contributed by atoms with Crippen molar-refractivity contribution in [3.8, 4) is 0 Å². The van der Waals surface area contributed by atoms with Crippen LogP contribution < -0.4 is 11.4 Å². The zero-order valence-corrected chi connectivity index (χ0v) is 4.51. The highest BCUT2D eigenvalue weighted by Gasteiger charge is 1.89. The Kier molecular flexibility index (Phi) is 4.24. The molecular formula is C2H7BN2O3. The molecule has 3 N–H and O–H groups in total. The van der Waals surface area contributed by atoms with Crippen LogP contribution in [0.4, 0.5) is 0 Å². The highest BCUT2D eigenvalue weighted by atomic mass is 16.7. The molecule has 5 nitrogen and oxygen atoms in total. The largest absolute Gasteiger partial charge is 0.480 e. The van der Waals surface area contributed by atoms with E-state index in [0.29, 0.717) is 0 Å². The van der Waals surface area contributed by atoms with E-state index in [0.717, 1.165) is 0 Å². The minimum Gasteiger partial charge on any atom is -0.331 e. The number of carbonyl (C=O) groups is 1. The van der Waals surface area contributed by atoms with Gasteiger partial charge in [0, 0.05) is 6.92 Å². The van der Waals surface area contributed by atoms with E-state index in [4.69, 9.17) is 0 Å². The lowest BCUT2D eigenvalue weighted by Crippen LogP contribution is -2.24. The molecule has 0 spiro atoms. The average molecular weight is 118 g/mol. The summed E-state index contributed by atoms with van der Waals surface area (Å²) in [5.41, 5.74) is 2.00. The Morgan fingerprint density at radius 3 is 2.88 bits per heavy atom. The Labute approximate surface area is 47.3 Å². The fourth-order valence-corrected chi connectivity index (χ4v) is 0.165. The fourth-order valence-electron chi connectivity index (χ4n) is 0.165. The number of hydrogen-bond acceptors (Lipinski definition) is 4. The summed E-state index contributed by atoms with van der Waals surface area (Å²) in [6.45, 7) is 1.32. The van der Waals surface area contributed by atoms with Gasteiger partial charge in [-0.1, -0.05) is 0 Å². The van der Waals surface area contributed by atoms with Gasteiger partial charge in [0.25, 0.3) is 0 Å². The van der Waals surface area contributed by atoms with Gasteiger partial charge >= 0.3 is 7.69 Å². The molecule has 0 rings (SSSR count). The van der Waals surface area contributed by atoms with Crippen LogP contribution in [0.3, 0.4) is 0 Å². The maximum Gasteiger partial charge on any atom is 0.480 e. The normalized spacial score (nSPS) is 8.25. The molecule has 0 bridgehead atoms. The highest BCUT2D eigenvalue weighted by Crippen LogP contribution is 1.60. The molecule has 0 unspecified atom stereocenters. The van der Waals surface area contributed by atoms with Gasteiger partial charge in [0.1, 0.15) is 0 Å². The smallest absolute Gasteiger partial charge is 0.331 e. The molecule has 0 aromatic heterocycles. The summed E-state index contributed by atoms with van der Waals surface area (Å²) in [4.78, 5) is 9.99. The summed E-state index contributed by atoms with van der Waals surface area (Å²) in [6, 6.07) is 0. The van der Waals surface area contributed by atoms with Crippen molar-refractivity contribution in [3.05, 3.63) is 0 Å². The number of nitrogens with one attached hydrogen (secondary N) is 1. The van der Waals surface area contributed by atoms with Gasteiger partial charge in [-0.25, -0.2) is 11.4 Å². The van der Waals surface area contributed by atoms with Crippen LogP contribution in [-0.4, -0.2) is 13.6 Å². The standard InChI is InChI=1S/C2H7BN2O3/c1-2(6)5-8-3-7-4/h3H,4H2,1H3,(H,5,6). The van der Waals surface area contributed by atoms with Gasteiger partial charge in [-0.05, 0) is 0 Å². The average Bonchev–Trinajstić information content (AvgIpc) is 1.66. The molecular weight excluding hydrogens is 111 g/mol. The predicted molar refractivity (Wildman–Crippen MR) is 27.3 cm³/mol. The van der Waals surface area contributed by atoms with Gasteiger partial charge in [0.15, 0.2) is 0 Å². The maximum absolute atomic E-state index is 9.99. The zero-order valence-electron chi connectivity index (χ0n) is 4.51. The SMILES string of the molecule is CC(=O)NOBON. The second-order valence-electron chi connectivity index (χ2n) is 1.09. The van der Waals surface area contributed by atoms with Gasteiger partial charge in [-0.2, -0.15) is 0 Å². The van der Waals surface area contributed by atoms with E-state index in [1.165, 1.54) is 6.92 Å². The molecule has 0 saturated heterocycles. The summed E-state index contributed by atoms with van der Waals surface area (Å²) < 4.78 is 8.25. The Balaban J connectivity index is 2.82. The van der Waals surface area contributed by atoms with E-state index in [1.807, 2.05) is 5.48 Å². The molecule has 1 amide bonds. The number of carbonyl (C=O) groups excluding carboxylic acids is 1. The topological polar surface area (TPSA) is 73.6 Å². The first-order valence-electron chi connectivity index (χ1n) is 1.97. The van der Waals surface area contributed by atoms with E-state index in [-0.39, 0.29) is 13.6 Å². The van der Waals surface area contributed by atoms with Crippen LogP contribution in [0, 0.1) is 0 Å². The maximum atomic E-state index is 9.99. The molecule has 8 heavy (non-hydrogen) atoms. The molecule has 6 heteroatoms. The third-order valence-corrected chi connectivity index (χ3v) is 0.343. The van der Waals surface area contributed by atoms with Crippen molar-refractivity contribution in [2.24, 2.45) is 5.90 Å². The van der Waals surface area contributed by atoms with Gasteiger partial charge in [0.2, 0.25) is 5.91 Å². The summed E-state index contributed by atoms with van der Waals surface area (Å²) in [7, 11) is -0.139. The lowest BCUT2D eigenvalue weighted by molar-refractivity contribution is -0.125. The first-order chi connectivity index (χ1) is 3.77. The summed E-state index contributed by atoms with van der Waals surface area (Å²) in [6.07, 6.45) is 0. The molecule has 0 aromatic carbocycles. The Hall–Kier alpha value is -0.585. The minimum atomic E-state index is -0.290. The minimum absolute atomic E-state index is 0.139. The monoisotopic (exact) mass is 118 g/mol. The molecule has 0 saturated carbocycles. The van der Waals surface area contributed by atoms with Crippen molar-refractivity contribution in [1.29, 1.82) is 0 Å². The Bertz CT molecular complexity index is 77.7. The van der Waals surface area contributed by atoms with Crippen LogP contribution in [0.5, 0.6) is 0 Å². The highest BCUT2D eigenvalue weighted by molar-refractivity contribution is 6.17. The fraction of sp³-hybridized carbons (Fsp3) is 0.500. The van der Waals surface area contributed by atoms with E-state index < -0.39 is 0 Å². The summed E-state index contributed by atoms with van der Waals surface area (Å²) >= 11 is 0. The molecule has 0 atom stereocenters. The second-order valence-corrected chi connectivity index (χ2v) is 1.09.